The topological polar surface area (TPSA) is 80.5 Å². The first kappa shape index (κ1) is 11.8. The van der Waals surface area contributed by atoms with Crippen molar-refractivity contribution in [2.75, 3.05) is 25.1 Å². The summed E-state index contributed by atoms with van der Waals surface area (Å²) in [5.74, 6) is 5.30. The fourth-order valence-corrected chi connectivity index (χ4v) is 1.86. The van der Waals surface area contributed by atoms with E-state index in [1.165, 1.54) is 6.20 Å². The Hall–Kier alpha value is -1.66. The van der Waals surface area contributed by atoms with Gasteiger partial charge in [-0.1, -0.05) is 0 Å². The smallest absolute Gasteiger partial charge is 0.257 e. The summed E-state index contributed by atoms with van der Waals surface area (Å²) in [6.07, 6.45) is 3.18. The average molecular weight is 236 g/mol. The van der Waals surface area contributed by atoms with Crippen LogP contribution in [0.1, 0.15) is 17.3 Å². The zero-order chi connectivity index (χ0) is 12.3. The highest BCUT2D eigenvalue weighted by Gasteiger charge is 2.24. The summed E-state index contributed by atoms with van der Waals surface area (Å²) in [7, 11) is 0. The number of nitrogens with two attached hydrogens (primary N) is 1. The second kappa shape index (κ2) is 5.11. The lowest BCUT2D eigenvalue weighted by Crippen LogP contribution is -2.44. The molecule has 0 aliphatic carbocycles. The Morgan fingerprint density at radius 3 is 3.24 bits per heavy atom. The van der Waals surface area contributed by atoms with Crippen molar-refractivity contribution >= 4 is 11.6 Å². The van der Waals surface area contributed by atoms with Crippen molar-refractivity contribution in [2.45, 2.75) is 13.0 Å². The third kappa shape index (κ3) is 2.54. The minimum absolute atomic E-state index is 0.0682. The molecule has 1 atom stereocenters. The van der Waals surface area contributed by atoms with Crippen LogP contribution in [0.25, 0.3) is 0 Å². The number of hydrogen-bond acceptors (Lipinski definition) is 5. The summed E-state index contributed by atoms with van der Waals surface area (Å²) in [4.78, 5) is 18.0. The lowest BCUT2D eigenvalue weighted by Gasteiger charge is -2.31. The van der Waals surface area contributed by atoms with E-state index in [1.54, 1.807) is 17.2 Å². The van der Waals surface area contributed by atoms with Gasteiger partial charge in [-0.3, -0.25) is 15.6 Å². The first-order valence-corrected chi connectivity index (χ1v) is 5.54. The van der Waals surface area contributed by atoms with E-state index in [1.807, 2.05) is 6.92 Å². The molecule has 1 aromatic rings. The Morgan fingerprint density at radius 1 is 1.71 bits per heavy atom. The zero-order valence-electron chi connectivity index (χ0n) is 9.72. The summed E-state index contributed by atoms with van der Waals surface area (Å²) in [5.41, 5.74) is 3.59. The molecule has 1 fully saturated rings. The number of carbonyl (C=O) groups is 1. The van der Waals surface area contributed by atoms with Gasteiger partial charge in [0.2, 0.25) is 0 Å². The molecule has 0 bridgehead atoms. The van der Waals surface area contributed by atoms with Gasteiger partial charge in [0.1, 0.15) is 0 Å². The molecular weight excluding hydrogens is 220 g/mol. The first-order valence-electron chi connectivity index (χ1n) is 5.54. The van der Waals surface area contributed by atoms with Crippen LogP contribution in [-0.4, -0.2) is 41.6 Å². The number of aromatic nitrogens is 1. The van der Waals surface area contributed by atoms with Gasteiger partial charge < -0.3 is 15.1 Å². The number of morpholine rings is 1. The van der Waals surface area contributed by atoms with Gasteiger partial charge in [-0.25, -0.2) is 0 Å². The number of hydrogen-bond donors (Lipinski definition) is 2. The zero-order valence-corrected chi connectivity index (χ0v) is 9.72. The van der Waals surface area contributed by atoms with E-state index in [-0.39, 0.29) is 12.0 Å². The van der Waals surface area contributed by atoms with Gasteiger partial charge in [-0.2, -0.15) is 0 Å². The van der Waals surface area contributed by atoms with Crippen LogP contribution >= 0.6 is 0 Å². The number of hydrazine groups is 1. The molecule has 0 aromatic carbocycles. The predicted octanol–water partition coefficient (Wildman–Crippen LogP) is 0.228. The van der Waals surface area contributed by atoms with E-state index < -0.39 is 0 Å². The van der Waals surface area contributed by atoms with E-state index in [2.05, 4.69) is 10.4 Å². The molecule has 1 aliphatic rings. The number of nitrogens with one attached hydrogen (secondary N) is 1. The quantitative estimate of drug-likeness (QED) is 0.567. The van der Waals surface area contributed by atoms with Crippen LogP contribution in [0, 0.1) is 0 Å². The maximum Gasteiger partial charge on any atom is 0.257 e. The van der Waals surface area contributed by atoms with Crippen molar-refractivity contribution in [3.05, 3.63) is 24.0 Å². The highest BCUT2D eigenvalue weighted by atomic mass is 16.5. The van der Waals surface area contributed by atoms with Gasteiger partial charge in [0.25, 0.3) is 5.91 Å². The van der Waals surface area contributed by atoms with E-state index in [9.17, 15) is 4.79 Å². The van der Waals surface area contributed by atoms with Crippen LogP contribution in [0.5, 0.6) is 0 Å². The number of nitrogen functional groups attached to an aromatic ring is 1. The van der Waals surface area contributed by atoms with Crippen molar-refractivity contribution in [3.8, 4) is 0 Å². The van der Waals surface area contributed by atoms with Gasteiger partial charge in [-0.05, 0) is 13.0 Å². The minimum Gasteiger partial charge on any atom is -0.375 e. The highest BCUT2D eigenvalue weighted by molar-refractivity contribution is 5.99. The molecule has 1 saturated heterocycles. The third-order valence-corrected chi connectivity index (χ3v) is 2.74. The summed E-state index contributed by atoms with van der Waals surface area (Å²) < 4.78 is 5.40. The normalized spacial score (nSPS) is 20.1. The van der Waals surface area contributed by atoms with Crippen molar-refractivity contribution in [1.29, 1.82) is 0 Å². The second-order valence-electron chi connectivity index (χ2n) is 4.00. The summed E-state index contributed by atoms with van der Waals surface area (Å²) >= 11 is 0. The lowest BCUT2D eigenvalue weighted by atomic mass is 10.2. The molecule has 0 spiro atoms. The van der Waals surface area contributed by atoms with Crippen LogP contribution in [0.2, 0.25) is 0 Å². The maximum atomic E-state index is 12.3. The molecule has 6 heteroatoms. The summed E-state index contributed by atoms with van der Waals surface area (Å²) in [6, 6.07) is 1.68. The molecule has 1 aliphatic heterocycles. The largest absolute Gasteiger partial charge is 0.375 e. The van der Waals surface area contributed by atoms with Crippen LogP contribution in [0.3, 0.4) is 0 Å². The fourth-order valence-electron chi connectivity index (χ4n) is 1.86. The van der Waals surface area contributed by atoms with Crippen LogP contribution < -0.4 is 11.3 Å². The molecule has 92 valence electrons. The fraction of sp³-hybridized carbons (Fsp3) is 0.455. The van der Waals surface area contributed by atoms with E-state index >= 15 is 0 Å². The molecule has 6 nitrogen and oxygen atoms in total. The van der Waals surface area contributed by atoms with Gasteiger partial charge in [0, 0.05) is 25.5 Å². The Bertz CT molecular complexity index is 410. The number of nitrogens with zero attached hydrogens (tertiary/aromatic N) is 2. The molecule has 2 heterocycles. The van der Waals surface area contributed by atoms with Crippen molar-refractivity contribution in [2.24, 2.45) is 5.84 Å². The lowest BCUT2D eigenvalue weighted by molar-refractivity contribution is -0.0124. The van der Waals surface area contributed by atoms with Crippen LogP contribution in [0.4, 0.5) is 5.69 Å². The summed E-state index contributed by atoms with van der Waals surface area (Å²) in [6.45, 7) is 3.71. The third-order valence-electron chi connectivity index (χ3n) is 2.74. The van der Waals surface area contributed by atoms with Crippen molar-refractivity contribution in [3.63, 3.8) is 0 Å². The Kier molecular flexibility index (Phi) is 3.55. The van der Waals surface area contributed by atoms with Gasteiger partial charge in [-0.15, -0.1) is 0 Å². The Balaban J connectivity index is 2.18. The molecular formula is C11H16N4O2. The SMILES string of the molecule is CC1CN(C(=O)c2cnccc2NN)CCO1. The average Bonchev–Trinajstić information content (AvgIpc) is 2.38. The van der Waals surface area contributed by atoms with Crippen LogP contribution in [-0.2, 0) is 4.74 Å². The number of anilines is 1. The van der Waals surface area contributed by atoms with E-state index in [4.69, 9.17) is 10.6 Å². The number of pyridine rings is 1. The standard InChI is InChI=1S/C11H16N4O2/c1-8-7-15(4-5-17-8)11(16)9-6-13-3-2-10(9)14-12/h2-3,6,8H,4-5,7,12H2,1H3,(H,13,14). The number of amides is 1. The number of carbonyl (C=O) groups excluding carboxylic acids is 1. The first-order chi connectivity index (χ1) is 8.22. The number of ether oxygens (including phenoxy) is 1. The monoisotopic (exact) mass is 236 g/mol. The maximum absolute atomic E-state index is 12.3. The van der Waals surface area contributed by atoms with Crippen LogP contribution in [0.15, 0.2) is 18.5 Å². The van der Waals surface area contributed by atoms with Gasteiger partial charge >= 0.3 is 0 Å². The molecule has 1 aromatic heterocycles. The number of rotatable bonds is 2. The predicted molar refractivity (Wildman–Crippen MR) is 63.4 cm³/mol. The highest BCUT2D eigenvalue weighted by Crippen LogP contribution is 2.16. The Labute approximate surface area is 99.7 Å². The van der Waals surface area contributed by atoms with Gasteiger partial charge in [0.15, 0.2) is 0 Å². The Morgan fingerprint density at radius 2 is 2.53 bits per heavy atom. The minimum atomic E-state index is -0.0683. The van der Waals surface area contributed by atoms with E-state index in [0.717, 1.165) is 0 Å². The van der Waals surface area contributed by atoms with Crippen molar-refractivity contribution < 1.29 is 9.53 Å². The molecule has 1 unspecified atom stereocenters. The molecule has 0 radical (unpaired) electrons. The molecule has 2 rings (SSSR count). The van der Waals surface area contributed by atoms with Gasteiger partial charge in [0.05, 0.1) is 24.0 Å². The molecule has 3 N–H and O–H groups in total. The molecule has 1 amide bonds. The van der Waals surface area contributed by atoms with E-state index in [0.29, 0.717) is 30.9 Å². The molecule has 0 saturated carbocycles. The molecule has 17 heavy (non-hydrogen) atoms. The van der Waals surface area contributed by atoms with Crippen molar-refractivity contribution in [1.82, 2.24) is 9.88 Å². The summed E-state index contributed by atoms with van der Waals surface area (Å²) in [5, 5.41) is 0. The second-order valence-corrected chi connectivity index (χ2v) is 4.00.